The van der Waals surface area contributed by atoms with E-state index in [1.165, 1.54) is 0 Å². The summed E-state index contributed by atoms with van der Waals surface area (Å²) in [5.74, 6) is 0.681. The van der Waals surface area contributed by atoms with Crippen molar-refractivity contribution in [3.05, 3.63) is 87.5 Å². The molecule has 7 nitrogen and oxygen atoms in total. The number of nitrogens with zero attached hydrogens (tertiary/aromatic N) is 4. The molecular formula is C30H32N4O3. The molecule has 0 saturated heterocycles. The fourth-order valence-corrected chi connectivity index (χ4v) is 5.61. The topological polar surface area (TPSA) is 92.5 Å². The average Bonchev–Trinajstić information content (AvgIpc) is 3.41. The lowest BCUT2D eigenvalue weighted by molar-refractivity contribution is 0.110. The van der Waals surface area contributed by atoms with Crippen LogP contribution in [0.3, 0.4) is 0 Å². The largest absolute Gasteiger partial charge is 0.496 e. The molecule has 0 spiro atoms. The number of aliphatic hydroxyl groups excluding tert-OH is 1. The Bertz CT molecular complexity index is 1520. The summed E-state index contributed by atoms with van der Waals surface area (Å²) < 4.78 is 9.61. The van der Waals surface area contributed by atoms with Crippen LogP contribution in [0.5, 0.6) is 5.75 Å². The third kappa shape index (κ3) is 4.65. The maximum Gasteiger partial charge on any atom is 0.257 e. The Morgan fingerprint density at radius 1 is 1.14 bits per heavy atom. The highest BCUT2D eigenvalue weighted by Gasteiger charge is 2.26. The van der Waals surface area contributed by atoms with E-state index in [0.29, 0.717) is 30.6 Å². The number of aromatic nitrogens is 3. The highest BCUT2D eigenvalue weighted by atomic mass is 16.5. The van der Waals surface area contributed by atoms with Crippen molar-refractivity contribution in [1.29, 1.82) is 5.26 Å². The first-order chi connectivity index (χ1) is 18.0. The van der Waals surface area contributed by atoms with Crippen LogP contribution in [0.4, 0.5) is 0 Å². The second kappa shape index (κ2) is 10.6. The van der Waals surface area contributed by atoms with Gasteiger partial charge in [0.2, 0.25) is 0 Å². The summed E-state index contributed by atoms with van der Waals surface area (Å²) in [5.41, 5.74) is 5.74. The van der Waals surface area contributed by atoms with Gasteiger partial charge >= 0.3 is 0 Å². The summed E-state index contributed by atoms with van der Waals surface area (Å²) in [6, 6.07) is 17.6. The minimum Gasteiger partial charge on any atom is -0.496 e. The first kappa shape index (κ1) is 24.8. The number of fused-ring (bicyclic) bond motifs is 1. The molecule has 5 rings (SSSR count). The molecule has 0 bridgehead atoms. The van der Waals surface area contributed by atoms with E-state index in [4.69, 9.17) is 4.74 Å². The maximum absolute atomic E-state index is 14.1. The predicted molar refractivity (Wildman–Crippen MR) is 143 cm³/mol. The van der Waals surface area contributed by atoms with Gasteiger partial charge in [-0.1, -0.05) is 43.7 Å². The molecule has 2 heterocycles. The number of benzene rings is 2. The van der Waals surface area contributed by atoms with Gasteiger partial charge in [0, 0.05) is 24.1 Å². The van der Waals surface area contributed by atoms with Gasteiger partial charge in [-0.25, -0.2) is 4.52 Å². The average molecular weight is 497 g/mol. The summed E-state index contributed by atoms with van der Waals surface area (Å²) in [6.45, 7) is 2.11. The second-order valence-electron chi connectivity index (χ2n) is 9.77. The minimum atomic E-state index is -0.291. The van der Waals surface area contributed by atoms with E-state index < -0.39 is 0 Å². The molecule has 4 aromatic rings. The molecule has 1 aliphatic rings. The van der Waals surface area contributed by atoms with Crippen molar-refractivity contribution < 1.29 is 9.84 Å². The van der Waals surface area contributed by atoms with Gasteiger partial charge in [-0.05, 0) is 60.9 Å². The van der Waals surface area contributed by atoms with E-state index >= 15 is 0 Å². The van der Waals surface area contributed by atoms with E-state index in [-0.39, 0.29) is 17.7 Å². The molecule has 0 unspecified atom stereocenters. The molecule has 2 aromatic heterocycles. The number of aliphatic hydroxyl groups is 1. The van der Waals surface area contributed by atoms with Crippen LogP contribution in [0.15, 0.2) is 59.5 Å². The summed E-state index contributed by atoms with van der Waals surface area (Å²) in [6.07, 6.45) is 6.45. The van der Waals surface area contributed by atoms with Crippen molar-refractivity contribution in [2.45, 2.75) is 64.0 Å². The maximum atomic E-state index is 14.1. The van der Waals surface area contributed by atoms with Crippen molar-refractivity contribution in [2.75, 3.05) is 7.11 Å². The molecular weight excluding hydrogens is 464 g/mol. The Hall–Kier alpha value is -3.89. The van der Waals surface area contributed by atoms with Crippen molar-refractivity contribution >= 4 is 5.65 Å². The summed E-state index contributed by atoms with van der Waals surface area (Å²) in [7, 11) is 1.63. The van der Waals surface area contributed by atoms with Gasteiger partial charge in [0.05, 0.1) is 36.7 Å². The number of hydrogen-bond donors (Lipinski definition) is 1. The lowest BCUT2D eigenvalue weighted by Gasteiger charge is -2.29. The number of nitriles is 1. The second-order valence-corrected chi connectivity index (χ2v) is 9.77. The van der Waals surface area contributed by atoms with Gasteiger partial charge in [-0.3, -0.25) is 9.36 Å². The molecule has 0 radical (unpaired) electrons. The standard InChI is InChI=1S/C30H32N4O3/c1-3-6-27-26(30(36)33(29-15-16-32-34(27)29)23-11-13-24(35)14-12-23)17-21-10-9-20(18-28(21)37-2)25-8-5-4-7-22(25)19-31/h4-5,7-10,15-16,18,23-24,35H,3,6,11-14,17H2,1-2H3/t23-,24-. The van der Waals surface area contributed by atoms with Crippen LogP contribution in [-0.2, 0) is 12.8 Å². The molecule has 37 heavy (non-hydrogen) atoms. The van der Waals surface area contributed by atoms with Crippen LogP contribution in [-0.4, -0.2) is 32.5 Å². The Morgan fingerprint density at radius 3 is 2.65 bits per heavy atom. The molecule has 1 fully saturated rings. The minimum absolute atomic E-state index is 0.0128. The van der Waals surface area contributed by atoms with Gasteiger partial charge in [-0.2, -0.15) is 10.4 Å². The Morgan fingerprint density at radius 2 is 1.92 bits per heavy atom. The Kier molecular flexibility index (Phi) is 7.11. The van der Waals surface area contributed by atoms with Gasteiger partial charge in [0.25, 0.3) is 5.56 Å². The van der Waals surface area contributed by atoms with E-state index in [1.807, 2.05) is 51.5 Å². The predicted octanol–water partition coefficient (Wildman–Crippen LogP) is 5.06. The van der Waals surface area contributed by atoms with Gasteiger partial charge in [-0.15, -0.1) is 0 Å². The van der Waals surface area contributed by atoms with Crippen LogP contribution in [0.2, 0.25) is 0 Å². The highest BCUT2D eigenvalue weighted by molar-refractivity contribution is 5.72. The fourth-order valence-electron chi connectivity index (χ4n) is 5.61. The number of hydrogen-bond acceptors (Lipinski definition) is 5. The number of rotatable bonds is 7. The van der Waals surface area contributed by atoms with Crippen molar-refractivity contribution in [3.8, 4) is 22.9 Å². The molecule has 1 aliphatic carbocycles. The van der Waals surface area contributed by atoms with Crippen LogP contribution < -0.4 is 10.3 Å². The van der Waals surface area contributed by atoms with Gasteiger partial charge in [0.15, 0.2) is 0 Å². The monoisotopic (exact) mass is 496 g/mol. The molecule has 2 aromatic carbocycles. The SMILES string of the molecule is CCCc1c(Cc2ccc(-c3ccccc3C#N)cc2OC)c(=O)n([C@H]2CC[C@H](O)CC2)c2ccnn12. The molecule has 1 saturated carbocycles. The van der Waals surface area contributed by atoms with Crippen LogP contribution in [0.25, 0.3) is 16.8 Å². The van der Waals surface area contributed by atoms with Crippen LogP contribution >= 0.6 is 0 Å². The fraction of sp³-hybridized carbons (Fsp3) is 0.367. The lowest BCUT2D eigenvalue weighted by Crippen LogP contribution is -2.34. The molecule has 190 valence electrons. The quantitative estimate of drug-likeness (QED) is 0.386. The Balaban J connectivity index is 1.62. The summed E-state index contributed by atoms with van der Waals surface area (Å²) in [4.78, 5) is 14.1. The van der Waals surface area contributed by atoms with Gasteiger partial charge < -0.3 is 9.84 Å². The van der Waals surface area contributed by atoms with Crippen molar-refractivity contribution in [3.63, 3.8) is 0 Å². The van der Waals surface area contributed by atoms with Crippen LogP contribution in [0, 0.1) is 11.3 Å². The highest BCUT2D eigenvalue weighted by Crippen LogP contribution is 2.32. The van der Waals surface area contributed by atoms with E-state index in [9.17, 15) is 15.2 Å². The summed E-state index contributed by atoms with van der Waals surface area (Å²) >= 11 is 0. The molecule has 0 amide bonds. The van der Waals surface area contributed by atoms with E-state index in [2.05, 4.69) is 18.1 Å². The number of aryl methyl sites for hydroxylation is 1. The van der Waals surface area contributed by atoms with Crippen molar-refractivity contribution in [2.24, 2.45) is 0 Å². The zero-order valence-electron chi connectivity index (χ0n) is 21.4. The molecule has 1 N–H and O–H groups in total. The van der Waals surface area contributed by atoms with E-state index in [0.717, 1.165) is 59.3 Å². The van der Waals surface area contributed by atoms with Crippen LogP contribution in [0.1, 0.15) is 67.5 Å². The molecule has 0 aliphatic heterocycles. The van der Waals surface area contributed by atoms with Crippen molar-refractivity contribution in [1.82, 2.24) is 14.2 Å². The Labute approximate surface area is 216 Å². The number of methoxy groups -OCH3 is 1. The third-order valence-electron chi connectivity index (χ3n) is 7.48. The van der Waals surface area contributed by atoms with E-state index in [1.54, 1.807) is 19.4 Å². The first-order valence-electron chi connectivity index (χ1n) is 13.0. The third-order valence-corrected chi connectivity index (χ3v) is 7.48. The normalized spacial score (nSPS) is 17.6. The zero-order valence-corrected chi connectivity index (χ0v) is 21.4. The van der Waals surface area contributed by atoms with Gasteiger partial charge in [0.1, 0.15) is 11.4 Å². The molecule has 7 heteroatoms. The number of ether oxygens (including phenoxy) is 1. The zero-order chi connectivity index (χ0) is 25.9. The molecule has 0 atom stereocenters. The lowest BCUT2D eigenvalue weighted by atomic mass is 9.92. The smallest absolute Gasteiger partial charge is 0.257 e. The first-order valence-corrected chi connectivity index (χ1v) is 13.0. The summed E-state index contributed by atoms with van der Waals surface area (Å²) in [5, 5.41) is 24.2.